The summed E-state index contributed by atoms with van der Waals surface area (Å²) < 4.78 is 65.8. The van der Waals surface area contributed by atoms with E-state index in [0.29, 0.717) is 6.07 Å². The second kappa shape index (κ2) is 9.00. The summed E-state index contributed by atoms with van der Waals surface area (Å²) in [6.07, 6.45) is -2.37. The third-order valence-corrected chi connectivity index (χ3v) is 7.18. The third kappa shape index (κ3) is 5.00. The average molecular weight is 493 g/mol. The van der Waals surface area contributed by atoms with Gasteiger partial charge in [-0.25, -0.2) is 8.42 Å². The minimum atomic E-state index is -4.82. The van der Waals surface area contributed by atoms with Gasteiger partial charge in [0.2, 0.25) is 15.9 Å². The molecule has 2 aromatic rings. The maximum absolute atomic E-state index is 13.1. The molecule has 0 radical (unpaired) electrons. The first-order chi connectivity index (χ1) is 14.9. The Balaban J connectivity index is 1.70. The summed E-state index contributed by atoms with van der Waals surface area (Å²) in [6, 6.07) is 3.63. The summed E-state index contributed by atoms with van der Waals surface area (Å²) >= 11 is 5.55. The molecule has 1 aromatic heterocycles. The zero-order chi connectivity index (χ0) is 23.7. The SMILES string of the molecule is O=C(Nc1ccncc1[N+](=O)[O-])C1CCN(S(=O)(=O)c2ccc(Cl)c(C(F)(F)F)c2)CC1. The molecule has 1 fully saturated rings. The van der Waals surface area contributed by atoms with Gasteiger partial charge in [0.15, 0.2) is 0 Å². The van der Waals surface area contributed by atoms with Gasteiger partial charge in [0.25, 0.3) is 0 Å². The number of aromatic nitrogens is 1. The van der Waals surface area contributed by atoms with Crippen molar-refractivity contribution in [1.82, 2.24) is 9.29 Å². The Morgan fingerprint density at radius 2 is 1.91 bits per heavy atom. The van der Waals surface area contributed by atoms with Crippen molar-refractivity contribution in [3.8, 4) is 0 Å². The van der Waals surface area contributed by atoms with Crippen LogP contribution in [0, 0.1) is 16.0 Å². The number of hydrogen-bond acceptors (Lipinski definition) is 6. The molecule has 172 valence electrons. The van der Waals surface area contributed by atoms with Gasteiger partial charge in [-0.1, -0.05) is 11.6 Å². The van der Waals surface area contributed by atoms with E-state index in [1.54, 1.807) is 0 Å². The molecule has 2 heterocycles. The van der Waals surface area contributed by atoms with Gasteiger partial charge in [-0.2, -0.15) is 17.5 Å². The van der Waals surface area contributed by atoms with Crippen molar-refractivity contribution in [1.29, 1.82) is 0 Å². The van der Waals surface area contributed by atoms with Crippen LogP contribution in [0.1, 0.15) is 18.4 Å². The summed E-state index contributed by atoms with van der Waals surface area (Å²) in [5.41, 5.74) is -1.68. The molecule has 9 nitrogen and oxygen atoms in total. The zero-order valence-corrected chi connectivity index (χ0v) is 17.7. The van der Waals surface area contributed by atoms with E-state index in [9.17, 15) is 36.5 Å². The maximum Gasteiger partial charge on any atom is 0.417 e. The Labute approximate surface area is 185 Å². The molecule has 0 aliphatic carbocycles. The normalized spacial score (nSPS) is 16.0. The lowest BCUT2D eigenvalue weighted by Gasteiger charge is -2.30. The summed E-state index contributed by atoms with van der Waals surface area (Å²) in [4.78, 5) is 25.9. The van der Waals surface area contributed by atoms with Crippen molar-refractivity contribution in [2.45, 2.75) is 23.9 Å². The molecule has 0 atom stereocenters. The Morgan fingerprint density at radius 3 is 2.50 bits per heavy atom. The lowest BCUT2D eigenvalue weighted by atomic mass is 9.97. The van der Waals surface area contributed by atoms with Gasteiger partial charge < -0.3 is 5.32 Å². The van der Waals surface area contributed by atoms with E-state index in [1.807, 2.05) is 0 Å². The highest BCUT2D eigenvalue weighted by molar-refractivity contribution is 7.89. The van der Waals surface area contributed by atoms with Crippen LogP contribution in [-0.2, 0) is 21.0 Å². The number of nitro groups is 1. The molecule has 1 N–H and O–H groups in total. The predicted octanol–water partition coefficient (Wildman–Crippen LogP) is 3.70. The van der Waals surface area contributed by atoms with Crippen LogP contribution in [0.5, 0.6) is 0 Å². The summed E-state index contributed by atoms with van der Waals surface area (Å²) in [5, 5.41) is 12.9. The van der Waals surface area contributed by atoms with Crippen LogP contribution in [-0.4, -0.2) is 41.6 Å². The van der Waals surface area contributed by atoms with Gasteiger partial charge in [0.1, 0.15) is 11.9 Å². The van der Waals surface area contributed by atoms with Crippen LogP contribution < -0.4 is 5.32 Å². The van der Waals surface area contributed by atoms with Crippen molar-refractivity contribution < 1.29 is 31.3 Å². The van der Waals surface area contributed by atoms with E-state index < -0.39 is 48.4 Å². The van der Waals surface area contributed by atoms with Crippen LogP contribution in [0.2, 0.25) is 5.02 Å². The fourth-order valence-corrected chi connectivity index (χ4v) is 4.98. The molecule has 1 aromatic carbocycles. The topological polar surface area (TPSA) is 123 Å². The molecule has 14 heteroatoms. The number of anilines is 1. The number of sulfonamides is 1. The fraction of sp³-hybridized carbons (Fsp3) is 0.333. The van der Waals surface area contributed by atoms with Crippen LogP contribution in [0.15, 0.2) is 41.6 Å². The summed E-state index contributed by atoms with van der Waals surface area (Å²) in [6.45, 7) is -0.217. The standard InChI is InChI=1S/C18H16ClF3N4O5S/c19-14-2-1-12(9-13(14)18(20,21)22)32(30,31)25-7-4-11(5-8-25)17(27)24-15-3-6-23-10-16(15)26(28)29/h1-3,6,9-11H,4-5,7-8H2,(H,23,24,27). The van der Waals surface area contributed by atoms with Crippen LogP contribution in [0.3, 0.4) is 0 Å². The Morgan fingerprint density at radius 1 is 1.25 bits per heavy atom. The monoisotopic (exact) mass is 492 g/mol. The Bertz CT molecular complexity index is 1150. The van der Waals surface area contributed by atoms with E-state index in [2.05, 4.69) is 10.3 Å². The highest BCUT2D eigenvalue weighted by Gasteiger charge is 2.37. The first kappa shape index (κ1) is 23.9. The maximum atomic E-state index is 13.1. The van der Waals surface area contributed by atoms with E-state index in [-0.39, 0.29) is 37.3 Å². The van der Waals surface area contributed by atoms with E-state index in [4.69, 9.17) is 11.6 Å². The van der Waals surface area contributed by atoms with Crippen molar-refractivity contribution >= 4 is 38.9 Å². The molecule has 0 unspecified atom stereocenters. The molecule has 1 aliphatic heterocycles. The molecule has 1 aliphatic rings. The highest BCUT2D eigenvalue weighted by atomic mass is 35.5. The molecular formula is C18H16ClF3N4O5S. The van der Waals surface area contributed by atoms with Crippen molar-refractivity contribution in [2.75, 3.05) is 18.4 Å². The number of carbonyl (C=O) groups is 1. The number of alkyl halides is 3. The quantitative estimate of drug-likeness (QED) is 0.501. The Kier molecular flexibility index (Phi) is 6.72. The fourth-order valence-electron chi connectivity index (χ4n) is 3.26. The van der Waals surface area contributed by atoms with Gasteiger partial charge in [-0.05, 0) is 37.1 Å². The van der Waals surface area contributed by atoms with Crippen LogP contribution in [0.25, 0.3) is 0 Å². The number of nitrogens with one attached hydrogen (secondary N) is 1. The molecule has 1 saturated heterocycles. The number of piperidine rings is 1. The predicted molar refractivity (Wildman–Crippen MR) is 107 cm³/mol. The van der Waals surface area contributed by atoms with Crippen molar-refractivity contribution in [3.05, 3.63) is 57.4 Å². The third-order valence-electron chi connectivity index (χ3n) is 4.96. The van der Waals surface area contributed by atoms with Gasteiger partial charge >= 0.3 is 11.9 Å². The molecule has 1 amide bonds. The lowest BCUT2D eigenvalue weighted by molar-refractivity contribution is -0.384. The highest BCUT2D eigenvalue weighted by Crippen LogP contribution is 2.37. The number of hydrogen-bond donors (Lipinski definition) is 1. The number of nitrogens with zero attached hydrogens (tertiary/aromatic N) is 3. The first-order valence-electron chi connectivity index (χ1n) is 9.17. The molecule has 0 spiro atoms. The van der Waals surface area contributed by atoms with Gasteiger partial charge in [0.05, 0.1) is 20.4 Å². The van der Waals surface area contributed by atoms with Crippen LogP contribution >= 0.6 is 11.6 Å². The average Bonchev–Trinajstić information content (AvgIpc) is 2.73. The summed E-state index contributed by atoms with van der Waals surface area (Å²) in [5.74, 6) is -1.16. The van der Waals surface area contributed by atoms with E-state index >= 15 is 0 Å². The molecule has 32 heavy (non-hydrogen) atoms. The second-order valence-electron chi connectivity index (χ2n) is 6.96. The van der Waals surface area contributed by atoms with Crippen molar-refractivity contribution in [2.24, 2.45) is 5.92 Å². The molecular weight excluding hydrogens is 477 g/mol. The number of carbonyl (C=O) groups excluding carboxylic acids is 1. The zero-order valence-electron chi connectivity index (χ0n) is 16.2. The number of rotatable bonds is 5. The summed E-state index contributed by atoms with van der Waals surface area (Å²) in [7, 11) is -4.24. The molecule has 3 rings (SSSR count). The smallest absolute Gasteiger partial charge is 0.320 e. The minimum absolute atomic E-state index is 0.0362. The molecule has 0 saturated carbocycles. The van der Waals surface area contributed by atoms with E-state index in [1.165, 1.54) is 12.3 Å². The number of halogens is 4. The van der Waals surface area contributed by atoms with E-state index in [0.717, 1.165) is 22.6 Å². The first-order valence-corrected chi connectivity index (χ1v) is 11.0. The largest absolute Gasteiger partial charge is 0.417 e. The molecule has 0 bridgehead atoms. The Hall–Kier alpha value is -2.77. The van der Waals surface area contributed by atoms with Gasteiger partial charge in [-0.15, -0.1) is 0 Å². The minimum Gasteiger partial charge on any atom is -0.320 e. The lowest BCUT2D eigenvalue weighted by Crippen LogP contribution is -2.41. The van der Waals surface area contributed by atoms with Crippen LogP contribution in [0.4, 0.5) is 24.5 Å². The van der Waals surface area contributed by atoms with Gasteiger partial charge in [0, 0.05) is 25.2 Å². The van der Waals surface area contributed by atoms with Crippen molar-refractivity contribution in [3.63, 3.8) is 0 Å². The second-order valence-corrected chi connectivity index (χ2v) is 9.30. The number of pyridine rings is 1. The number of benzene rings is 1. The van der Waals surface area contributed by atoms with Gasteiger partial charge in [-0.3, -0.25) is 19.9 Å². The number of amides is 1.